The van der Waals surface area contributed by atoms with Gasteiger partial charge in [0, 0.05) is 19.2 Å². The molecule has 0 aromatic carbocycles. The first kappa shape index (κ1) is 17.6. The van der Waals surface area contributed by atoms with Crippen LogP contribution in [0.5, 0.6) is 0 Å². The van der Waals surface area contributed by atoms with Crippen molar-refractivity contribution in [3.63, 3.8) is 0 Å². The molecule has 0 radical (unpaired) electrons. The molecule has 23 heavy (non-hydrogen) atoms. The smallest absolute Gasteiger partial charge is 0.193 e. The Morgan fingerprint density at radius 2 is 2.13 bits per heavy atom. The van der Waals surface area contributed by atoms with E-state index in [1.807, 2.05) is 0 Å². The molecule has 0 saturated carbocycles. The number of hydrogen-bond donors (Lipinski definition) is 1. The van der Waals surface area contributed by atoms with E-state index in [0.29, 0.717) is 17.5 Å². The quantitative estimate of drug-likeness (QED) is 0.797. The Kier molecular flexibility index (Phi) is 5.06. The number of ether oxygens (including phenoxy) is 1. The molecule has 10 heteroatoms. The number of nitrogens with one attached hydrogen (secondary N) is 1. The molecule has 6 nitrogen and oxygen atoms in total. The number of hydrogen-bond acceptors (Lipinski definition) is 7. The maximum Gasteiger partial charge on any atom is 0.193 e. The van der Waals surface area contributed by atoms with Crippen LogP contribution in [0.25, 0.3) is 0 Å². The fraction of sp³-hybridized carbons (Fsp3) is 0.692. The molecule has 2 aliphatic rings. The van der Waals surface area contributed by atoms with E-state index in [2.05, 4.69) is 5.32 Å². The molecule has 2 aliphatic heterocycles. The normalized spacial score (nSPS) is 30.7. The summed E-state index contributed by atoms with van der Waals surface area (Å²) in [6.45, 7) is 1.17. The van der Waals surface area contributed by atoms with Crippen LogP contribution in [0.1, 0.15) is 12.8 Å². The SMILES string of the molecule is O=S1(=O)C[C@H](NCC2CCCO2)[C@@H](S(=O)(=O)c2ccc(Cl)s2)C1. The van der Waals surface area contributed by atoms with Gasteiger partial charge >= 0.3 is 0 Å². The molecule has 1 N–H and O–H groups in total. The predicted octanol–water partition coefficient (Wildman–Crippen LogP) is 1.11. The van der Waals surface area contributed by atoms with Gasteiger partial charge in [0.2, 0.25) is 0 Å². The Morgan fingerprint density at radius 3 is 2.74 bits per heavy atom. The lowest BCUT2D eigenvalue weighted by molar-refractivity contribution is 0.108. The summed E-state index contributed by atoms with van der Waals surface area (Å²) in [5, 5.41) is 2.12. The van der Waals surface area contributed by atoms with Crippen LogP contribution in [-0.4, -0.2) is 58.9 Å². The summed E-state index contributed by atoms with van der Waals surface area (Å²) in [5.41, 5.74) is 0. The van der Waals surface area contributed by atoms with Crippen molar-refractivity contribution in [1.82, 2.24) is 5.32 Å². The zero-order valence-electron chi connectivity index (χ0n) is 12.3. The molecule has 130 valence electrons. The number of sulfone groups is 2. The van der Waals surface area contributed by atoms with E-state index in [4.69, 9.17) is 16.3 Å². The second-order valence-corrected chi connectivity index (χ2v) is 12.1. The molecular weight excluding hydrogens is 382 g/mol. The van der Waals surface area contributed by atoms with Crippen molar-refractivity contribution in [3.8, 4) is 0 Å². The number of rotatable bonds is 5. The molecule has 1 aromatic rings. The number of thiophene rings is 1. The Hall–Kier alpha value is -0.190. The fourth-order valence-electron chi connectivity index (χ4n) is 3.00. The highest BCUT2D eigenvalue weighted by atomic mass is 35.5. The zero-order valence-corrected chi connectivity index (χ0v) is 15.5. The second-order valence-electron chi connectivity index (χ2n) is 5.87. The molecule has 1 aromatic heterocycles. The van der Waals surface area contributed by atoms with Crippen LogP contribution in [0.15, 0.2) is 16.3 Å². The van der Waals surface area contributed by atoms with E-state index < -0.39 is 31.0 Å². The first-order chi connectivity index (χ1) is 10.8. The lowest BCUT2D eigenvalue weighted by atomic mass is 10.2. The van der Waals surface area contributed by atoms with E-state index in [1.54, 1.807) is 0 Å². The monoisotopic (exact) mass is 399 g/mol. The average molecular weight is 400 g/mol. The van der Waals surface area contributed by atoms with Crippen molar-refractivity contribution < 1.29 is 21.6 Å². The van der Waals surface area contributed by atoms with E-state index in [9.17, 15) is 16.8 Å². The highest BCUT2D eigenvalue weighted by Gasteiger charge is 2.46. The summed E-state index contributed by atoms with van der Waals surface area (Å²) >= 11 is 6.77. The topological polar surface area (TPSA) is 89.5 Å². The van der Waals surface area contributed by atoms with E-state index in [-0.39, 0.29) is 21.8 Å². The maximum absolute atomic E-state index is 12.8. The van der Waals surface area contributed by atoms with Gasteiger partial charge < -0.3 is 10.1 Å². The van der Waals surface area contributed by atoms with Gasteiger partial charge in [0.1, 0.15) is 4.21 Å². The lowest BCUT2D eigenvalue weighted by Gasteiger charge is -2.21. The molecule has 3 rings (SSSR count). The molecule has 0 spiro atoms. The molecule has 2 saturated heterocycles. The van der Waals surface area contributed by atoms with Crippen LogP contribution in [0.2, 0.25) is 4.34 Å². The van der Waals surface area contributed by atoms with Crippen molar-refractivity contribution in [2.75, 3.05) is 24.7 Å². The van der Waals surface area contributed by atoms with Gasteiger partial charge in [-0.05, 0) is 25.0 Å². The summed E-state index contributed by atoms with van der Waals surface area (Å²) in [7, 11) is -7.12. The van der Waals surface area contributed by atoms with E-state index >= 15 is 0 Å². The summed E-state index contributed by atoms with van der Waals surface area (Å²) in [4.78, 5) is 0. The van der Waals surface area contributed by atoms with Crippen molar-refractivity contribution in [3.05, 3.63) is 16.5 Å². The first-order valence-electron chi connectivity index (χ1n) is 7.32. The molecule has 0 bridgehead atoms. The molecule has 0 amide bonds. The highest BCUT2D eigenvalue weighted by Crippen LogP contribution is 2.32. The second kappa shape index (κ2) is 6.61. The van der Waals surface area contributed by atoms with Gasteiger partial charge in [-0.3, -0.25) is 0 Å². The largest absolute Gasteiger partial charge is 0.377 e. The van der Waals surface area contributed by atoms with Gasteiger partial charge in [-0.1, -0.05) is 11.6 Å². The minimum absolute atomic E-state index is 0.0258. The zero-order chi connectivity index (χ0) is 16.7. The summed E-state index contributed by atoms with van der Waals surface area (Å²) in [6, 6.07) is 2.33. The third-order valence-corrected chi connectivity index (χ3v) is 10.1. The van der Waals surface area contributed by atoms with E-state index in [1.165, 1.54) is 12.1 Å². The number of halogens is 1. The Balaban J connectivity index is 1.79. The van der Waals surface area contributed by atoms with Crippen molar-refractivity contribution in [2.24, 2.45) is 0 Å². The van der Waals surface area contributed by atoms with Gasteiger partial charge in [-0.15, -0.1) is 11.3 Å². The van der Waals surface area contributed by atoms with Crippen LogP contribution in [-0.2, 0) is 24.4 Å². The van der Waals surface area contributed by atoms with Gasteiger partial charge in [-0.25, -0.2) is 16.8 Å². The van der Waals surface area contributed by atoms with Crippen LogP contribution in [0.4, 0.5) is 0 Å². The van der Waals surface area contributed by atoms with Gasteiger partial charge in [0.25, 0.3) is 0 Å². The van der Waals surface area contributed by atoms with Gasteiger partial charge in [-0.2, -0.15) is 0 Å². The summed E-state index contributed by atoms with van der Waals surface area (Å²) < 4.78 is 55.4. The summed E-state index contributed by atoms with van der Waals surface area (Å²) in [5.74, 6) is -0.517. The Bertz CT molecular complexity index is 767. The predicted molar refractivity (Wildman–Crippen MR) is 89.7 cm³/mol. The molecular formula is C13H18ClNO5S3. The van der Waals surface area contributed by atoms with Crippen LogP contribution in [0.3, 0.4) is 0 Å². The Labute approximate surface area is 145 Å². The van der Waals surface area contributed by atoms with E-state index in [0.717, 1.165) is 24.2 Å². The van der Waals surface area contributed by atoms with Crippen molar-refractivity contribution >= 4 is 42.6 Å². The van der Waals surface area contributed by atoms with Crippen LogP contribution >= 0.6 is 22.9 Å². The standard InChI is InChI=1S/C13H18ClNO5S3/c14-12-3-4-13(21-12)23(18,19)11-8-22(16,17)7-10(11)15-6-9-2-1-5-20-9/h3-4,9-11,15H,1-2,5-8H2/t9?,10-,11-/m0/s1. The third-order valence-electron chi connectivity index (χ3n) is 4.16. The first-order valence-corrected chi connectivity index (χ1v) is 11.9. The van der Waals surface area contributed by atoms with Crippen LogP contribution in [0, 0.1) is 0 Å². The molecule has 3 heterocycles. The average Bonchev–Trinajstić information content (AvgIpc) is 3.16. The van der Waals surface area contributed by atoms with Gasteiger partial charge in [0.05, 0.1) is 27.2 Å². The molecule has 2 fully saturated rings. The van der Waals surface area contributed by atoms with Crippen molar-refractivity contribution in [2.45, 2.75) is 34.4 Å². The maximum atomic E-state index is 12.8. The molecule has 0 aliphatic carbocycles. The minimum Gasteiger partial charge on any atom is -0.377 e. The molecule has 1 unspecified atom stereocenters. The lowest BCUT2D eigenvalue weighted by Crippen LogP contribution is -2.45. The Morgan fingerprint density at radius 1 is 1.35 bits per heavy atom. The highest BCUT2D eigenvalue weighted by molar-refractivity contribution is 7.97. The summed E-state index contributed by atoms with van der Waals surface area (Å²) in [6.07, 6.45) is 1.91. The molecule has 3 atom stereocenters. The fourth-order valence-corrected chi connectivity index (χ4v) is 9.43. The van der Waals surface area contributed by atoms with Crippen molar-refractivity contribution in [1.29, 1.82) is 0 Å². The van der Waals surface area contributed by atoms with Gasteiger partial charge in [0.15, 0.2) is 19.7 Å². The minimum atomic E-state index is -3.73. The van der Waals surface area contributed by atoms with Crippen LogP contribution < -0.4 is 5.32 Å². The third kappa shape index (κ3) is 3.91.